The zero-order valence-corrected chi connectivity index (χ0v) is 18.1. The van der Waals surface area contributed by atoms with E-state index in [9.17, 15) is 9.90 Å². The Hall–Kier alpha value is -2.75. The first-order valence-corrected chi connectivity index (χ1v) is 10.5. The van der Waals surface area contributed by atoms with Crippen molar-refractivity contribution in [2.24, 2.45) is 0 Å². The van der Waals surface area contributed by atoms with Crippen molar-refractivity contribution >= 4 is 28.2 Å². The second kappa shape index (κ2) is 7.15. The molecule has 5 rings (SSSR count). The van der Waals surface area contributed by atoms with Crippen molar-refractivity contribution in [3.05, 3.63) is 45.8 Å². The molecule has 0 saturated carbocycles. The number of halogens is 1. The number of nitrogens with zero attached hydrogens (tertiary/aromatic N) is 5. The van der Waals surface area contributed by atoms with Gasteiger partial charge in [0.15, 0.2) is 0 Å². The molecule has 2 atom stereocenters. The summed E-state index contributed by atoms with van der Waals surface area (Å²) in [5, 5.41) is 14.2. The number of para-hydroxylation sites is 1. The van der Waals surface area contributed by atoms with Gasteiger partial charge in [-0.05, 0) is 45.7 Å². The Labute approximate surface area is 182 Å². The van der Waals surface area contributed by atoms with Crippen molar-refractivity contribution in [3.63, 3.8) is 0 Å². The fourth-order valence-corrected chi connectivity index (χ4v) is 4.43. The van der Waals surface area contributed by atoms with Gasteiger partial charge in [0.2, 0.25) is 5.82 Å². The lowest BCUT2D eigenvalue weighted by molar-refractivity contribution is -0.0292. The molecular weight excluding hydrogens is 422 g/mol. The van der Waals surface area contributed by atoms with Gasteiger partial charge in [0.1, 0.15) is 23.6 Å². The first-order valence-electron chi connectivity index (χ1n) is 10.1. The summed E-state index contributed by atoms with van der Waals surface area (Å²) in [5.41, 5.74) is 1.22. The Kier molecular flexibility index (Phi) is 4.65. The van der Waals surface area contributed by atoms with Crippen molar-refractivity contribution in [2.45, 2.75) is 51.4 Å². The van der Waals surface area contributed by atoms with Gasteiger partial charge < -0.3 is 14.4 Å². The summed E-state index contributed by atoms with van der Waals surface area (Å²) in [6.45, 7) is 5.58. The molecule has 0 radical (unpaired) electrons. The third-order valence-corrected chi connectivity index (χ3v) is 6.06. The molecule has 1 N–H and O–H groups in total. The largest absolute Gasteiger partial charge is 0.394 e. The number of rotatable bonds is 4. The first-order chi connectivity index (χ1) is 14.8. The number of imidazole rings is 1. The lowest BCUT2D eigenvalue weighted by Crippen LogP contribution is -2.27. The summed E-state index contributed by atoms with van der Waals surface area (Å²) in [6, 6.07) is 4.86. The predicted molar refractivity (Wildman–Crippen MR) is 114 cm³/mol. The number of ether oxygens (including phenoxy) is 1. The van der Waals surface area contributed by atoms with Gasteiger partial charge in [-0.25, -0.2) is 4.98 Å². The number of aliphatic hydroxyl groups excluding tert-OH is 1. The number of aliphatic hydroxyl groups is 1. The maximum Gasteiger partial charge on any atom is 0.278 e. The van der Waals surface area contributed by atoms with Gasteiger partial charge in [0, 0.05) is 0 Å². The van der Waals surface area contributed by atoms with Gasteiger partial charge in [0.25, 0.3) is 11.4 Å². The van der Waals surface area contributed by atoms with Crippen molar-refractivity contribution in [1.82, 2.24) is 24.1 Å². The van der Waals surface area contributed by atoms with E-state index in [2.05, 4.69) is 15.1 Å². The Morgan fingerprint density at radius 1 is 1.35 bits per heavy atom. The summed E-state index contributed by atoms with van der Waals surface area (Å²) in [7, 11) is 0. The lowest BCUT2D eigenvalue weighted by atomic mass is 10.1. The smallest absolute Gasteiger partial charge is 0.278 e. The molecule has 162 valence electrons. The van der Waals surface area contributed by atoms with E-state index in [-0.39, 0.29) is 35.2 Å². The van der Waals surface area contributed by atoms with Gasteiger partial charge >= 0.3 is 0 Å². The molecule has 0 spiro atoms. The fraction of sp³-hybridized carbons (Fsp3) is 0.429. The van der Waals surface area contributed by atoms with Crippen LogP contribution in [0.15, 0.2) is 33.8 Å². The van der Waals surface area contributed by atoms with E-state index in [4.69, 9.17) is 20.9 Å². The van der Waals surface area contributed by atoms with E-state index < -0.39 is 6.04 Å². The highest BCUT2D eigenvalue weighted by Crippen LogP contribution is 2.38. The van der Waals surface area contributed by atoms with Crippen LogP contribution in [0, 0.1) is 0 Å². The standard InChI is InChI=1S/C21H22ClN5O4/c1-11(9-28)27-16-12(22)5-4-6-13(16)26-10-23-15(17(26)20(27)29)18-24-19(31-25-18)14-7-8-21(2,3)30-14/h4-6,10-11,14,28H,7-9H2,1-3H3. The highest BCUT2D eigenvalue weighted by molar-refractivity contribution is 6.35. The van der Waals surface area contributed by atoms with Crippen LogP contribution in [0.2, 0.25) is 5.02 Å². The third-order valence-electron chi connectivity index (χ3n) is 5.76. The van der Waals surface area contributed by atoms with Crippen molar-refractivity contribution in [3.8, 4) is 11.5 Å². The van der Waals surface area contributed by atoms with Crippen LogP contribution in [0.1, 0.15) is 51.6 Å². The minimum absolute atomic E-state index is 0.215. The average molecular weight is 444 g/mol. The van der Waals surface area contributed by atoms with Crippen LogP contribution in [0.5, 0.6) is 0 Å². The molecule has 31 heavy (non-hydrogen) atoms. The second-order valence-electron chi connectivity index (χ2n) is 8.49. The van der Waals surface area contributed by atoms with E-state index in [0.717, 1.165) is 12.8 Å². The van der Waals surface area contributed by atoms with Crippen LogP contribution < -0.4 is 5.56 Å². The summed E-state index contributed by atoms with van der Waals surface area (Å²) in [4.78, 5) is 22.4. The van der Waals surface area contributed by atoms with Crippen molar-refractivity contribution < 1.29 is 14.4 Å². The van der Waals surface area contributed by atoms with E-state index in [1.165, 1.54) is 4.57 Å². The van der Waals surface area contributed by atoms with Crippen LogP contribution in [0.3, 0.4) is 0 Å². The number of benzene rings is 1. The summed E-state index contributed by atoms with van der Waals surface area (Å²) < 4.78 is 14.6. The average Bonchev–Trinajstić information content (AvgIpc) is 3.46. The summed E-state index contributed by atoms with van der Waals surface area (Å²) >= 11 is 6.43. The number of hydrogen-bond acceptors (Lipinski definition) is 7. The Morgan fingerprint density at radius 2 is 2.16 bits per heavy atom. The van der Waals surface area contributed by atoms with Crippen molar-refractivity contribution in [2.75, 3.05) is 6.61 Å². The predicted octanol–water partition coefficient (Wildman–Crippen LogP) is 3.54. The molecule has 10 heteroatoms. The molecule has 4 heterocycles. The maximum absolute atomic E-state index is 13.5. The van der Waals surface area contributed by atoms with Crippen LogP contribution in [-0.4, -0.2) is 41.4 Å². The highest BCUT2D eigenvalue weighted by atomic mass is 35.5. The van der Waals surface area contributed by atoms with Crippen LogP contribution in [0.4, 0.5) is 0 Å². The molecule has 2 unspecified atom stereocenters. The highest BCUT2D eigenvalue weighted by Gasteiger charge is 2.36. The normalized spacial score (nSPS) is 19.5. The molecule has 3 aromatic heterocycles. The Balaban J connectivity index is 1.71. The molecule has 0 amide bonds. The van der Waals surface area contributed by atoms with Gasteiger partial charge in [-0.3, -0.25) is 13.8 Å². The minimum Gasteiger partial charge on any atom is -0.394 e. The van der Waals surface area contributed by atoms with Gasteiger partial charge in [-0.1, -0.05) is 22.8 Å². The third kappa shape index (κ3) is 3.15. The molecule has 1 aliphatic rings. The summed E-state index contributed by atoms with van der Waals surface area (Å²) in [6.07, 6.45) is 2.93. The zero-order valence-electron chi connectivity index (χ0n) is 17.4. The lowest BCUT2D eigenvalue weighted by Gasteiger charge is -2.18. The monoisotopic (exact) mass is 443 g/mol. The van der Waals surface area contributed by atoms with E-state index in [0.29, 0.717) is 27.6 Å². The number of fused-ring (bicyclic) bond motifs is 3. The molecule has 1 saturated heterocycles. The Bertz CT molecular complexity index is 1360. The van der Waals surface area contributed by atoms with Crippen LogP contribution in [-0.2, 0) is 4.74 Å². The molecule has 1 aliphatic heterocycles. The quantitative estimate of drug-likeness (QED) is 0.514. The van der Waals surface area contributed by atoms with E-state index >= 15 is 0 Å². The van der Waals surface area contributed by atoms with Crippen LogP contribution >= 0.6 is 11.6 Å². The van der Waals surface area contributed by atoms with E-state index in [1.807, 2.05) is 19.9 Å². The van der Waals surface area contributed by atoms with E-state index in [1.54, 1.807) is 29.8 Å². The minimum atomic E-state index is -0.488. The molecule has 4 aromatic rings. The summed E-state index contributed by atoms with van der Waals surface area (Å²) in [5.74, 6) is 0.585. The number of hydrogen-bond donors (Lipinski definition) is 1. The molecule has 1 aromatic carbocycles. The number of aromatic nitrogens is 5. The topological polar surface area (TPSA) is 108 Å². The molecule has 0 aliphatic carbocycles. The zero-order chi connectivity index (χ0) is 21.9. The van der Waals surface area contributed by atoms with Gasteiger partial charge in [-0.2, -0.15) is 4.98 Å². The molecule has 0 bridgehead atoms. The van der Waals surface area contributed by atoms with Gasteiger partial charge in [-0.15, -0.1) is 0 Å². The molecule has 9 nitrogen and oxygen atoms in total. The molecule has 1 fully saturated rings. The molecular formula is C21H22ClN5O4. The van der Waals surface area contributed by atoms with Crippen LogP contribution in [0.25, 0.3) is 28.1 Å². The fourth-order valence-electron chi connectivity index (χ4n) is 4.17. The second-order valence-corrected chi connectivity index (χ2v) is 8.89. The maximum atomic E-state index is 13.5. The van der Waals surface area contributed by atoms with Gasteiger partial charge in [0.05, 0.1) is 34.3 Å². The first kappa shape index (κ1) is 20.2. The van der Waals surface area contributed by atoms with Crippen molar-refractivity contribution in [1.29, 1.82) is 0 Å². The Morgan fingerprint density at radius 3 is 2.87 bits per heavy atom. The SMILES string of the molecule is CC(CO)n1c(=O)c2c(-c3noc(C4CCC(C)(C)O4)n3)ncn2c2cccc(Cl)c21.